The van der Waals surface area contributed by atoms with E-state index in [2.05, 4.69) is 20.9 Å². The zero-order valence-electron chi connectivity index (χ0n) is 19.2. The lowest BCUT2D eigenvalue weighted by Crippen LogP contribution is -2.29. The number of urea groups is 1. The summed E-state index contributed by atoms with van der Waals surface area (Å²) in [7, 11) is 0. The fraction of sp³-hybridized carbons (Fsp3) is 0.259. The number of aryl methyl sites for hydroxylation is 1. The molecule has 4 rings (SSSR count). The van der Waals surface area contributed by atoms with Crippen molar-refractivity contribution in [3.05, 3.63) is 88.4 Å². The van der Waals surface area contributed by atoms with Crippen LogP contribution in [0.4, 0.5) is 21.9 Å². The minimum absolute atomic E-state index is 0.146. The molecule has 3 N–H and O–H groups in total. The standard InChI is InChI=1S/C27H29ClN4O2/c1-19-9-10-22(18-24(19)28)31-27(34)30-21-11-12-25(32-15-5-6-16-32)23(17-21)26(33)29-14-13-20-7-3-2-4-8-20/h2-4,7-12,17-18H,5-6,13-16H2,1H3,(H,29,33)(H2,30,31,34). The van der Waals surface area contributed by atoms with E-state index in [4.69, 9.17) is 11.6 Å². The molecule has 1 fully saturated rings. The van der Waals surface area contributed by atoms with Crippen LogP contribution in [0.2, 0.25) is 5.02 Å². The van der Waals surface area contributed by atoms with Crippen molar-refractivity contribution < 1.29 is 9.59 Å². The molecular formula is C27H29ClN4O2. The van der Waals surface area contributed by atoms with Crippen molar-refractivity contribution in [1.29, 1.82) is 0 Å². The topological polar surface area (TPSA) is 73.5 Å². The van der Waals surface area contributed by atoms with Gasteiger partial charge in [0, 0.05) is 41.7 Å². The van der Waals surface area contributed by atoms with E-state index in [-0.39, 0.29) is 5.91 Å². The van der Waals surface area contributed by atoms with Crippen LogP contribution in [-0.2, 0) is 6.42 Å². The van der Waals surface area contributed by atoms with Crippen molar-refractivity contribution in [2.45, 2.75) is 26.2 Å². The minimum Gasteiger partial charge on any atom is -0.371 e. The van der Waals surface area contributed by atoms with E-state index in [1.807, 2.05) is 55.5 Å². The molecule has 34 heavy (non-hydrogen) atoms. The summed E-state index contributed by atoms with van der Waals surface area (Å²) in [5.41, 5.74) is 4.71. The monoisotopic (exact) mass is 476 g/mol. The summed E-state index contributed by atoms with van der Waals surface area (Å²) in [5.74, 6) is -0.146. The van der Waals surface area contributed by atoms with Gasteiger partial charge in [-0.25, -0.2) is 4.79 Å². The van der Waals surface area contributed by atoms with E-state index in [1.165, 1.54) is 5.56 Å². The smallest absolute Gasteiger partial charge is 0.323 e. The summed E-state index contributed by atoms with van der Waals surface area (Å²) in [6.45, 7) is 4.28. The van der Waals surface area contributed by atoms with Gasteiger partial charge in [0.1, 0.15) is 0 Å². The SMILES string of the molecule is Cc1ccc(NC(=O)Nc2ccc(N3CCCC3)c(C(=O)NCCc3ccccc3)c2)cc1Cl. The number of amides is 3. The van der Waals surface area contributed by atoms with Crippen molar-refractivity contribution >= 4 is 40.6 Å². The zero-order valence-corrected chi connectivity index (χ0v) is 20.0. The van der Waals surface area contributed by atoms with Crippen LogP contribution >= 0.6 is 11.6 Å². The average Bonchev–Trinajstić information content (AvgIpc) is 3.37. The van der Waals surface area contributed by atoms with E-state index >= 15 is 0 Å². The Morgan fingerprint density at radius 2 is 1.59 bits per heavy atom. The van der Waals surface area contributed by atoms with Crippen LogP contribution in [0.3, 0.4) is 0 Å². The lowest BCUT2D eigenvalue weighted by atomic mass is 10.1. The number of hydrogen-bond donors (Lipinski definition) is 3. The number of nitrogens with one attached hydrogen (secondary N) is 3. The number of nitrogens with zero attached hydrogens (tertiary/aromatic N) is 1. The number of anilines is 3. The second kappa shape index (κ2) is 11.1. The highest BCUT2D eigenvalue weighted by molar-refractivity contribution is 6.31. The molecule has 0 unspecified atom stereocenters. The lowest BCUT2D eigenvalue weighted by molar-refractivity contribution is 0.0954. The Morgan fingerprint density at radius 3 is 2.29 bits per heavy atom. The van der Waals surface area contributed by atoms with Crippen molar-refractivity contribution in [3.63, 3.8) is 0 Å². The number of carbonyl (C=O) groups excluding carboxylic acids is 2. The van der Waals surface area contributed by atoms with Crippen molar-refractivity contribution in [2.24, 2.45) is 0 Å². The Balaban J connectivity index is 1.46. The third-order valence-electron chi connectivity index (χ3n) is 5.92. The van der Waals surface area contributed by atoms with Crippen LogP contribution in [0.25, 0.3) is 0 Å². The molecule has 1 heterocycles. The molecular weight excluding hydrogens is 448 g/mol. The molecule has 0 aliphatic carbocycles. The Hall–Kier alpha value is -3.51. The van der Waals surface area contributed by atoms with Gasteiger partial charge in [-0.1, -0.05) is 48.0 Å². The molecule has 1 saturated heterocycles. The highest BCUT2D eigenvalue weighted by Gasteiger charge is 2.20. The number of halogens is 1. The molecule has 0 atom stereocenters. The predicted octanol–water partition coefficient (Wildman–Crippen LogP) is 5.87. The summed E-state index contributed by atoms with van der Waals surface area (Å²) in [5, 5.41) is 9.23. The van der Waals surface area contributed by atoms with Gasteiger partial charge in [-0.05, 0) is 67.6 Å². The first-order valence-electron chi connectivity index (χ1n) is 11.5. The van der Waals surface area contributed by atoms with Crippen LogP contribution in [-0.4, -0.2) is 31.6 Å². The second-order valence-corrected chi connectivity index (χ2v) is 8.87. The molecule has 1 aliphatic rings. The van der Waals surface area contributed by atoms with Crippen molar-refractivity contribution in [1.82, 2.24) is 5.32 Å². The first-order chi connectivity index (χ1) is 16.5. The first-order valence-corrected chi connectivity index (χ1v) is 11.9. The molecule has 6 nitrogen and oxygen atoms in total. The van der Waals surface area contributed by atoms with Gasteiger partial charge in [-0.2, -0.15) is 0 Å². The maximum absolute atomic E-state index is 13.1. The quantitative estimate of drug-likeness (QED) is 0.399. The molecule has 0 aromatic heterocycles. The molecule has 7 heteroatoms. The minimum atomic E-state index is -0.399. The Bertz CT molecular complexity index is 1160. The van der Waals surface area contributed by atoms with Crippen LogP contribution in [0.15, 0.2) is 66.7 Å². The maximum Gasteiger partial charge on any atom is 0.323 e. The number of rotatable bonds is 7. The van der Waals surface area contributed by atoms with E-state index in [0.717, 1.165) is 43.6 Å². The van der Waals surface area contributed by atoms with Gasteiger partial charge in [-0.15, -0.1) is 0 Å². The largest absolute Gasteiger partial charge is 0.371 e. The number of carbonyl (C=O) groups is 2. The third-order valence-corrected chi connectivity index (χ3v) is 6.32. The third kappa shape index (κ3) is 6.08. The summed E-state index contributed by atoms with van der Waals surface area (Å²) < 4.78 is 0. The molecule has 0 saturated carbocycles. The lowest BCUT2D eigenvalue weighted by Gasteiger charge is -2.22. The Kier molecular flexibility index (Phi) is 7.70. The first kappa shape index (κ1) is 23.6. The average molecular weight is 477 g/mol. The molecule has 176 valence electrons. The predicted molar refractivity (Wildman–Crippen MR) is 139 cm³/mol. The van der Waals surface area contributed by atoms with Crippen LogP contribution in [0.5, 0.6) is 0 Å². The van der Waals surface area contributed by atoms with Gasteiger partial charge >= 0.3 is 6.03 Å². The van der Waals surface area contributed by atoms with Gasteiger partial charge in [0.25, 0.3) is 5.91 Å². The maximum atomic E-state index is 13.1. The van der Waals surface area contributed by atoms with Gasteiger partial charge < -0.3 is 20.9 Å². The zero-order chi connectivity index (χ0) is 23.9. The number of benzene rings is 3. The van der Waals surface area contributed by atoms with Gasteiger partial charge in [0.05, 0.1) is 5.56 Å². The number of hydrogen-bond acceptors (Lipinski definition) is 3. The Labute approximate surface area is 205 Å². The fourth-order valence-corrected chi connectivity index (χ4v) is 4.23. The fourth-order valence-electron chi connectivity index (χ4n) is 4.05. The molecule has 3 aromatic rings. The van der Waals surface area contributed by atoms with Crippen molar-refractivity contribution in [2.75, 3.05) is 35.2 Å². The normalized spacial score (nSPS) is 12.9. The second-order valence-electron chi connectivity index (χ2n) is 8.46. The van der Waals surface area contributed by atoms with Gasteiger partial charge in [0.2, 0.25) is 0 Å². The van der Waals surface area contributed by atoms with Crippen LogP contribution < -0.4 is 20.9 Å². The molecule has 3 aromatic carbocycles. The van der Waals surface area contributed by atoms with E-state index in [9.17, 15) is 9.59 Å². The molecule has 1 aliphatic heterocycles. The summed E-state index contributed by atoms with van der Waals surface area (Å²) in [4.78, 5) is 27.9. The summed E-state index contributed by atoms with van der Waals surface area (Å²) in [6, 6.07) is 20.5. The van der Waals surface area contributed by atoms with Crippen LogP contribution in [0, 0.1) is 6.92 Å². The van der Waals surface area contributed by atoms with E-state index in [0.29, 0.717) is 28.5 Å². The van der Waals surface area contributed by atoms with Crippen LogP contribution in [0.1, 0.15) is 34.3 Å². The molecule has 3 amide bonds. The van der Waals surface area contributed by atoms with Crippen molar-refractivity contribution in [3.8, 4) is 0 Å². The molecule has 0 radical (unpaired) electrons. The van der Waals surface area contributed by atoms with Gasteiger partial charge in [-0.3, -0.25) is 4.79 Å². The van der Waals surface area contributed by atoms with E-state index < -0.39 is 6.03 Å². The highest BCUT2D eigenvalue weighted by Crippen LogP contribution is 2.28. The molecule has 0 spiro atoms. The van der Waals surface area contributed by atoms with E-state index in [1.54, 1.807) is 18.2 Å². The Morgan fingerprint density at radius 1 is 0.912 bits per heavy atom. The molecule has 0 bridgehead atoms. The van der Waals surface area contributed by atoms with Gasteiger partial charge in [0.15, 0.2) is 0 Å². The highest BCUT2D eigenvalue weighted by atomic mass is 35.5. The summed E-state index contributed by atoms with van der Waals surface area (Å²) in [6.07, 6.45) is 2.97. The summed E-state index contributed by atoms with van der Waals surface area (Å²) >= 11 is 6.15.